The van der Waals surface area contributed by atoms with E-state index in [1.807, 2.05) is 49.4 Å². The Morgan fingerprint density at radius 3 is 2.30 bits per heavy atom. The summed E-state index contributed by atoms with van der Waals surface area (Å²) < 4.78 is 6.74. The zero-order valence-electron chi connectivity index (χ0n) is 21.7. The molecule has 4 aromatic rings. The number of aryl methyl sites for hydroxylation is 1. The van der Waals surface area contributed by atoms with Gasteiger partial charge in [0.05, 0.1) is 23.7 Å². The standard InChI is InChI=1S/C30H25N3O5S2/c1-17-8-12-20(13-9-17)33-27(35)24-23(18-10-14-21(38-2)15-11-18)26-29(39-25(24)28(33)36)32(30(37)40-26)16-22(34)31-19-6-4-3-5-7-19/h3-15,23-25H,16H2,1-2H3,(H,31,34)/t23-,24+,25-/m0/s1. The normalized spacial score (nSPS) is 19.8. The number of thioether (sulfide) groups is 1. The molecule has 0 aliphatic carbocycles. The summed E-state index contributed by atoms with van der Waals surface area (Å²) in [5.74, 6) is -1.56. The number of thiazole rings is 1. The van der Waals surface area contributed by atoms with Crippen molar-refractivity contribution in [3.63, 3.8) is 0 Å². The van der Waals surface area contributed by atoms with Gasteiger partial charge < -0.3 is 10.1 Å². The number of carbonyl (C=O) groups is 3. The molecule has 1 aromatic heterocycles. The predicted octanol–water partition coefficient (Wildman–Crippen LogP) is 4.66. The number of para-hydroxylation sites is 1. The highest BCUT2D eigenvalue weighted by Crippen LogP contribution is 2.54. The van der Waals surface area contributed by atoms with E-state index < -0.39 is 17.1 Å². The van der Waals surface area contributed by atoms with Gasteiger partial charge in [-0.25, -0.2) is 4.90 Å². The third kappa shape index (κ3) is 4.52. The molecule has 10 heteroatoms. The molecule has 3 aromatic carbocycles. The van der Waals surface area contributed by atoms with Gasteiger partial charge in [0, 0.05) is 16.5 Å². The molecule has 3 atom stereocenters. The Balaban J connectivity index is 1.42. The second-order valence-electron chi connectivity index (χ2n) is 9.70. The molecule has 1 fully saturated rings. The molecule has 1 saturated heterocycles. The van der Waals surface area contributed by atoms with Crippen molar-refractivity contribution in [3.8, 4) is 5.75 Å². The molecule has 202 valence electrons. The molecule has 0 unspecified atom stereocenters. The van der Waals surface area contributed by atoms with E-state index in [0.29, 0.717) is 27.0 Å². The lowest BCUT2D eigenvalue weighted by Gasteiger charge is -2.30. The number of nitrogens with one attached hydrogen (secondary N) is 1. The number of nitrogens with zero attached hydrogens (tertiary/aromatic N) is 2. The summed E-state index contributed by atoms with van der Waals surface area (Å²) >= 11 is 2.22. The Morgan fingerprint density at radius 1 is 0.925 bits per heavy atom. The van der Waals surface area contributed by atoms with E-state index in [1.165, 1.54) is 21.2 Å². The number of hydrogen-bond donors (Lipinski definition) is 1. The Hall–Kier alpha value is -4.15. The predicted molar refractivity (Wildman–Crippen MR) is 155 cm³/mol. The number of rotatable bonds is 6. The first kappa shape index (κ1) is 26.1. The number of benzene rings is 3. The molecule has 2 aliphatic heterocycles. The van der Waals surface area contributed by atoms with Gasteiger partial charge in [-0.05, 0) is 48.9 Å². The van der Waals surface area contributed by atoms with Crippen molar-refractivity contribution >= 4 is 52.2 Å². The van der Waals surface area contributed by atoms with Gasteiger partial charge in [-0.15, -0.1) is 0 Å². The van der Waals surface area contributed by atoms with Crippen LogP contribution in [0.4, 0.5) is 11.4 Å². The quantitative estimate of drug-likeness (QED) is 0.338. The molecule has 40 heavy (non-hydrogen) atoms. The highest BCUT2D eigenvalue weighted by Gasteiger charge is 2.56. The largest absolute Gasteiger partial charge is 0.497 e. The smallest absolute Gasteiger partial charge is 0.308 e. The number of hydrogen-bond acceptors (Lipinski definition) is 7. The first-order chi connectivity index (χ1) is 19.4. The summed E-state index contributed by atoms with van der Waals surface area (Å²) in [6, 6.07) is 23.6. The van der Waals surface area contributed by atoms with Crippen LogP contribution in [0.2, 0.25) is 0 Å². The van der Waals surface area contributed by atoms with Crippen LogP contribution >= 0.6 is 23.1 Å². The van der Waals surface area contributed by atoms with Crippen molar-refractivity contribution in [3.05, 3.63) is 105 Å². The zero-order valence-corrected chi connectivity index (χ0v) is 23.3. The minimum absolute atomic E-state index is 0.205. The lowest BCUT2D eigenvalue weighted by Crippen LogP contribution is -2.33. The van der Waals surface area contributed by atoms with Crippen LogP contribution in [0.1, 0.15) is 21.9 Å². The maximum atomic E-state index is 13.9. The van der Waals surface area contributed by atoms with Crippen molar-refractivity contribution in [2.45, 2.75) is 29.7 Å². The number of ether oxygens (including phenoxy) is 1. The van der Waals surface area contributed by atoms with Gasteiger partial charge in [-0.2, -0.15) is 0 Å². The first-order valence-electron chi connectivity index (χ1n) is 12.7. The zero-order chi connectivity index (χ0) is 28.0. The van der Waals surface area contributed by atoms with E-state index in [-0.39, 0.29) is 29.1 Å². The number of methoxy groups -OCH3 is 1. The van der Waals surface area contributed by atoms with Crippen LogP contribution in [-0.2, 0) is 20.9 Å². The molecule has 3 amide bonds. The first-order valence-corrected chi connectivity index (χ1v) is 14.4. The number of carbonyl (C=O) groups excluding carboxylic acids is 3. The molecular weight excluding hydrogens is 546 g/mol. The summed E-state index contributed by atoms with van der Waals surface area (Å²) in [6.07, 6.45) is 0. The van der Waals surface area contributed by atoms with E-state index in [4.69, 9.17) is 4.74 Å². The third-order valence-corrected chi connectivity index (χ3v) is 9.78. The maximum absolute atomic E-state index is 13.9. The fourth-order valence-corrected chi connectivity index (χ4v) is 8.01. The number of amides is 3. The highest BCUT2D eigenvalue weighted by molar-refractivity contribution is 8.00. The molecule has 6 rings (SSSR count). The minimum Gasteiger partial charge on any atom is -0.497 e. The SMILES string of the molecule is COc1ccc([C@@H]2c3sc(=O)n(CC(=O)Nc4ccccc4)c3S[C@@H]3C(=O)N(c4ccc(C)cc4)C(=O)[C@H]23)cc1. The molecule has 8 nitrogen and oxygen atoms in total. The van der Waals surface area contributed by atoms with Crippen molar-refractivity contribution in [2.24, 2.45) is 5.92 Å². The number of aromatic nitrogens is 1. The fraction of sp³-hybridized carbons (Fsp3) is 0.200. The molecule has 2 aliphatic rings. The van der Waals surface area contributed by atoms with E-state index >= 15 is 0 Å². The van der Waals surface area contributed by atoms with Gasteiger partial charge >= 0.3 is 4.87 Å². The van der Waals surface area contributed by atoms with Gasteiger partial charge in [0.1, 0.15) is 17.5 Å². The van der Waals surface area contributed by atoms with E-state index in [9.17, 15) is 19.2 Å². The summed E-state index contributed by atoms with van der Waals surface area (Å²) in [5.41, 5.74) is 2.96. The molecule has 0 radical (unpaired) electrons. The van der Waals surface area contributed by atoms with Gasteiger partial charge in [0.2, 0.25) is 17.7 Å². The Labute approximate surface area is 238 Å². The van der Waals surface area contributed by atoms with Crippen molar-refractivity contribution < 1.29 is 19.1 Å². The summed E-state index contributed by atoms with van der Waals surface area (Å²) in [4.78, 5) is 55.6. The van der Waals surface area contributed by atoms with Crippen LogP contribution in [0.25, 0.3) is 0 Å². The number of anilines is 2. The fourth-order valence-electron chi connectivity index (χ4n) is 5.24. The minimum atomic E-state index is -0.745. The topological polar surface area (TPSA) is 97.7 Å². The van der Waals surface area contributed by atoms with Gasteiger partial charge in [0.25, 0.3) is 0 Å². The Morgan fingerprint density at radius 2 is 1.62 bits per heavy atom. The second-order valence-corrected chi connectivity index (χ2v) is 11.8. The van der Waals surface area contributed by atoms with Gasteiger partial charge in [0.15, 0.2) is 0 Å². The number of fused-ring (bicyclic) bond motifs is 2. The van der Waals surface area contributed by atoms with Crippen LogP contribution in [0.3, 0.4) is 0 Å². The van der Waals surface area contributed by atoms with Crippen LogP contribution in [-0.4, -0.2) is 34.6 Å². The van der Waals surface area contributed by atoms with Crippen molar-refractivity contribution in [2.75, 3.05) is 17.3 Å². The van der Waals surface area contributed by atoms with E-state index in [0.717, 1.165) is 22.5 Å². The summed E-state index contributed by atoms with van der Waals surface area (Å²) in [5, 5.41) is 2.62. The van der Waals surface area contributed by atoms with Crippen molar-refractivity contribution in [1.82, 2.24) is 4.57 Å². The van der Waals surface area contributed by atoms with E-state index in [1.54, 1.807) is 43.5 Å². The van der Waals surface area contributed by atoms with Crippen LogP contribution in [0.5, 0.6) is 5.75 Å². The summed E-state index contributed by atoms with van der Waals surface area (Å²) in [7, 11) is 1.57. The lowest BCUT2D eigenvalue weighted by atomic mass is 9.83. The molecule has 0 bridgehead atoms. The second kappa shape index (κ2) is 10.4. The molecule has 0 saturated carbocycles. The maximum Gasteiger partial charge on any atom is 0.308 e. The molecular formula is C30H25N3O5S2. The third-order valence-electron chi connectivity index (χ3n) is 7.18. The highest BCUT2D eigenvalue weighted by atomic mass is 32.2. The molecule has 3 heterocycles. The molecule has 1 N–H and O–H groups in total. The average molecular weight is 572 g/mol. The van der Waals surface area contributed by atoms with Crippen LogP contribution in [0, 0.1) is 12.8 Å². The van der Waals surface area contributed by atoms with Crippen LogP contribution < -0.4 is 19.8 Å². The van der Waals surface area contributed by atoms with Gasteiger partial charge in [-0.1, -0.05) is 71.1 Å². The van der Waals surface area contributed by atoms with E-state index in [2.05, 4.69) is 5.32 Å². The molecule has 0 spiro atoms. The Bertz CT molecular complexity index is 1660. The lowest BCUT2D eigenvalue weighted by molar-refractivity contribution is -0.122. The van der Waals surface area contributed by atoms with Crippen molar-refractivity contribution in [1.29, 1.82) is 0 Å². The summed E-state index contributed by atoms with van der Waals surface area (Å²) in [6.45, 7) is 1.74. The van der Waals surface area contributed by atoms with Gasteiger partial charge in [-0.3, -0.25) is 23.7 Å². The monoisotopic (exact) mass is 571 g/mol. The average Bonchev–Trinajstić information content (AvgIpc) is 3.40. The Kier molecular flexibility index (Phi) is 6.81. The number of imide groups is 1. The van der Waals surface area contributed by atoms with Crippen LogP contribution in [0.15, 0.2) is 88.7 Å².